The van der Waals surface area contributed by atoms with E-state index in [-0.39, 0.29) is 10.9 Å². The minimum Gasteiger partial charge on any atom is -0.212 e. The van der Waals surface area contributed by atoms with Gasteiger partial charge in [0.25, 0.3) is 0 Å². The van der Waals surface area contributed by atoms with Gasteiger partial charge in [-0.1, -0.05) is 22.4 Å². The van der Waals surface area contributed by atoms with Crippen LogP contribution in [0.2, 0.25) is 0 Å². The number of hydrogen-bond acceptors (Lipinski definition) is 2. The normalized spacial score (nSPS) is 26.4. The lowest BCUT2D eigenvalue weighted by atomic mass is 10.3. The predicted octanol–water partition coefficient (Wildman–Crippen LogP) is 2.56. The van der Waals surface area contributed by atoms with E-state index >= 15 is 0 Å². The topological polar surface area (TPSA) is 46.2 Å². The van der Waals surface area contributed by atoms with Gasteiger partial charge in [0.2, 0.25) is 10.0 Å². The van der Waals surface area contributed by atoms with Crippen LogP contribution >= 0.6 is 15.9 Å². The molecule has 3 nitrogen and oxygen atoms in total. The van der Waals surface area contributed by atoms with E-state index in [1.165, 1.54) is 0 Å². The summed E-state index contributed by atoms with van der Waals surface area (Å²) < 4.78 is 61.1. The third-order valence-electron chi connectivity index (χ3n) is 2.64. The molecule has 1 fully saturated rings. The van der Waals surface area contributed by atoms with Gasteiger partial charge in [0.05, 0.1) is 5.75 Å². The molecule has 1 N–H and O–H groups in total. The SMILES string of the molecule is O=S(=O)(CCCC(F)(F)F)NC1CCCC1Br. The summed E-state index contributed by atoms with van der Waals surface area (Å²) in [6, 6.07) is -0.189. The fraction of sp³-hybridized carbons (Fsp3) is 1.00. The van der Waals surface area contributed by atoms with Gasteiger partial charge in [-0.3, -0.25) is 0 Å². The van der Waals surface area contributed by atoms with E-state index in [4.69, 9.17) is 0 Å². The van der Waals surface area contributed by atoms with Crippen LogP contribution in [0.15, 0.2) is 0 Å². The van der Waals surface area contributed by atoms with Crippen LogP contribution < -0.4 is 4.72 Å². The highest BCUT2D eigenvalue weighted by Crippen LogP contribution is 2.26. The summed E-state index contributed by atoms with van der Waals surface area (Å²) in [5.74, 6) is -0.470. The van der Waals surface area contributed by atoms with Crippen molar-refractivity contribution in [1.29, 1.82) is 0 Å². The third kappa shape index (κ3) is 6.05. The van der Waals surface area contributed by atoms with Crippen LogP contribution in [0.4, 0.5) is 13.2 Å². The fourth-order valence-electron chi connectivity index (χ4n) is 1.80. The molecule has 0 bridgehead atoms. The van der Waals surface area contributed by atoms with Gasteiger partial charge in [-0.05, 0) is 19.3 Å². The standard InChI is InChI=1S/C9H15BrF3NO2S/c10-7-3-1-4-8(7)14-17(15,16)6-2-5-9(11,12)13/h7-8,14H,1-6H2. The molecule has 1 aliphatic carbocycles. The minimum atomic E-state index is -4.29. The highest BCUT2D eigenvalue weighted by atomic mass is 79.9. The van der Waals surface area contributed by atoms with Gasteiger partial charge in [-0.15, -0.1) is 0 Å². The largest absolute Gasteiger partial charge is 0.389 e. The van der Waals surface area contributed by atoms with E-state index in [9.17, 15) is 21.6 Å². The Morgan fingerprint density at radius 1 is 1.29 bits per heavy atom. The Balaban J connectivity index is 2.36. The van der Waals surface area contributed by atoms with Crippen LogP contribution in [0.5, 0.6) is 0 Å². The van der Waals surface area contributed by atoms with Crippen LogP contribution in [0.25, 0.3) is 0 Å². The molecule has 17 heavy (non-hydrogen) atoms. The van der Waals surface area contributed by atoms with Crippen molar-refractivity contribution >= 4 is 26.0 Å². The van der Waals surface area contributed by atoms with Gasteiger partial charge in [0, 0.05) is 17.3 Å². The molecular weight excluding hydrogens is 323 g/mol. The Morgan fingerprint density at radius 3 is 2.41 bits per heavy atom. The Bertz CT molecular complexity index is 345. The number of nitrogens with one attached hydrogen (secondary N) is 1. The van der Waals surface area contributed by atoms with Gasteiger partial charge in [-0.2, -0.15) is 13.2 Å². The van der Waals surface area contributed by atoms with Gasteiger partial charge >= 0.3 is 6.18 Å². The predicted molar refractivity (Wildman–Crippen MR) is 62.6 cm³/mol. The van der Waals surface area contributed by atoms with Crippen molar-refractivity contribution in [3.05, 3.63) is 0 Å². The molecule has 0 aliphatic heterocycles. The summed E-state index contributed by atoms with van der Waals surface area (Å²) >= 11 is 3.35. The molecular formula is C9H15BrF3NO2S. The monoisotopic (exact) mass is 337 g/mol. The van der Waals surface area contributed by atoms with Crippen molar-refractivity contribution in [2.45, 2.75) is 49.1 Å². The lowest BCUT2D eigenvalue weighted by molar-refractivity contribution is -0.134. The summed E-state index contributed by atoms with van der Waals surface area (Å²) in [4.78, 5) is 0.0832. The minimum absolute atomic E-state index is 0.0832. The highest BCUT2D eigenvalue weighted by Gasteiger charge is 2.30. The van der Waals surface area contributed by atoms with Gasteiger partial charge < -0.3 is 0 Å². The third-order valence-corrected chi connectivity index (χ3v) is 5.22. The Morgan fingerprint density at radius 2 is 1.94 bits per heavy atom. The maximum atomic E-state index is 11.9. The van der Waals surface area contributed by atoms with E-state index in [0.29, 0.717) is 0 Å². The number of rotatable bonds is 5. The van der Waals surface area contributed by atoms with Crippen molar-refractivity contribution in [3.8, 4) is 0 Å². The van der Waals surface area contributed by atoms with Gasteiger partial charge in [0.1, 0.15) is 0 Å². The zero-order chi connectivity index (χ0) is 13.1. The van der Waals surface area contributed by atoms with Crippen molar-refractivity contribution in [1.82, 2.24) is 4.72 Å². The first-order chi connectivity index (χ1) is 7.70. The first-order valence-electron chi connectivity index (χ1n) is 5.40. The van der Waals surface area contributed by atoms with Crippen LogP contribution in [-0.2, 0) is 10.0 Å². The van der Waals surface area contributed by atoms with E-state index in [1.807, 2.05) is 0 Å². The van der Waals surface area contributed by atoms with Crippen LogP contribution in [0.1, 0.15) is 32.1 Å². The van der Waals surface area contributed by atoms with Crippen molar-refractivity contribution in [2.75, 3.05) is 5.75 Å². The molecule has 0 spiro atoms. The van der Waals surface area contributed by atoms with E-state index in [0.717, 1.165) is 19.3 Å². The van der Waals surface area contributed by atoms with Crippen molar-refractivity contribution in [2.24, 2.45) is 0 Å². The molecule has 102 valence electrons. The molecule has 0 aromatic heterocycles. The smallest absolute Gasteiger partial charge is 0.212 e. The Labute approximate surface area is 107 Å². The lowest BCUT2D eigenvalue weighted by Gasteiger charge is -2.16. The molecule has 0 aromatic rings. The van der Waals surface area contributed by atoms with Gasteiger partial charge in [-0.25, -0.2) is 13.1 Å². The molecule has 1 aliphatic rings. The molecule has 1 rings (SSSR count). The summed E-state index contributed by atoms with van der Waals surface area (Å²) in [7, 11) is -3.60. The summed E-state index contributed by atoms with van der Waals surface area (Å²) in [6.07, 6.45) is -3.20. The quantitative estimate of drug-likeness (QED) is 0.783. The van der Waals surface area contributed by atoms with Crippen LogP contribution in [0.3, 0.4) is 0 Å². The second-order valence-electron chi connectivity index (χ2n) is 4.21. The number of sulfonamides is 1. The van der Waals surface area contributed by atoms with E-state index < -0.39 is 34.8 Å². The van der Waals surface area contributed by atoms with E-state index in [1.54, 1.807) is 0 Å². The Hall–Kier alpha value is 0.180. The molecule has 0 saturated heterocycles. The average molecular weight is 338 g/mol. The maximum absolute atomic E-state index is 11.9. The van der Waals surface area contributed by atoms with Gasteiger partial charge in [0.15, 0.2) is 0 Å². The van der Waals surface area contributed by atoms with Crippen LogP contribution in [-0.4, -0.2) is 31.2 Å². The summed E-state index contributed by atoms with van der Waals surface area (Å²) in [5, 5.41) is 0. The number of hydrogen-bond donors (Lipinski definition) is 1. The summed E-state index contributed by atoms with van der Waals surface area (Å²) in [6.45, 7) is 0. The molecule has 0 heterocycles. The zero-order valence-corrected chi connectivity index (χ0v) is 11.5. The zero-order valence-electron chi connectivity index (χ0n) is 9.13. The molecule has 2 unspecified atom stereocenters. The molecule has 0 amide bonds. The maximum Gasteiger partial charge on any atom is 0.389 e. The fourth-order valence-corrected chi connectivity index (χ4v) is 4.08. The average Bonchev–Trinajstić information content (AvgIpc) is 2.48. The summed E-state index contributed by atoms with van der Waals surface area (Å²) in [5.41, 5.74) is 0. The molecule has 1 saturated carbocycles. The molecule has 2 atom stereocenters. The molecule has 8 heteroatoms. The lowest BCUT2D eigenvalue weighted by Crippen LogP contribution is -2.39. The highest BCUT2D eigenvalue weighted by molar-refractivity contribution is 9.09. The van der Waals surface area contributed by atoms with E-state index in [2.05, 4.69) is 20.7 Å². The van der Waals surface area contributed by atoms with Crippen LogP contribution in [0, 0.1) is 0 Å². The van der Waals surface area contributed by atoms with Crippen molar-refractivity contribution < 1.29 is 21.6 Å². The second kappa shape index (κ2) is 5.88. The first kappa shape index (κ1) is 15.2. The van der Waals surface area contributed by atoms with Crippen molar-refractivity contribution in [3.63, 3.8) is 0 Å². The molecule has 0 radical (unpaired) electrons. The first-order valence-corrected chi connectivity index (χ1v) is 7.97. The molecule has 0 aromatic carbocycles. The second-order valence-corrected chi connectivity index (χ2v) is 7.26. The number of halogens is 4. The number of alkyl halides is 4. The Kier molecular flexibility index (Phi) is 5.27.